The van der Waals surface area contributed by atoms with Crippen molar-refractivity contribution in [3.63, 3.8) is 0 Å². The van der Waals surface area contributed by atoms with Gasteiger partial charge in [0.05, 0.1) is 6.04 Å². The van der Waals surface area contributed by atoms with Gasteiger partial charge in [-0.3, -0.25) is 19.4 Å². The van der Waals surface area contributed by atoms with Gasteiger partial charge in [-0.2, -0.15) is 0 Å². The molecule has 31 heavy (non-hydrogen) atoms. The van der Waals surface area contributed by atoms with Crippen molar-refractivity contribution < 1.29 is 19.2 Å². The molecule has 0 aromatic rings. The average Bonchev–Trinajstić information content (AvgIpc) is 2.61. The predicted octanol–water partition coefficient (Wildman–Crippen LogP) is 0.442. The van der Waals surface area contributed by atoms with Gasteiger partial charge >= 0.3 is 0 Å². The Hall–Kier alpha value is -2.65. The minimum atomic E-state index is -0.818. The van der Waals surface area contributed by atoms with Crippen LogP contribution in [0.3, 0.4) is 0 Å². The Balaban J connectivity index is 0. The Bertz CT molecular complexity index is 603. The summed E-state index contributed by atoms with van der Waals surface area (Å²) in [6.45, 7) is 9.43. The first-order chi connectivity index (χ1) is 14.0. The molecule has 0 bridgehead atoms. The van der Waals surface area contributed by atoms with E-state index >= 15 is 0 Å². The average molecular weight is 443 g/mol. The second-order valence-corrected chi connectivity index (χ2v) is 8.27. The van der Waals surface area contributed by atoms with Crippen molar-refractivity contribution >= 4 is 30.0 Å². The highest BCUT2D eigenvalue weighted by molar-refractivity contribution is 5.92. The predicted molar refractivity (Wildman–Crippen MR) is 123 cm³/mol. The van der Waals surface area contributed by atoms with Crippen LogP contribution in [0.15, 0.2) is 4.99 Å². The van der Waals surface area contributed by atoms with Gasteiger partial charge in [-0.15, -0.1) is 0 Å². The van der Waals surface area contributed by atoms with Crippen LogP contribution in [0.2, 0.25) is 0 Å². The highest BCUT2D eigenvalue weighted by atomic mass is 16.2. The quantitative estimate of drug-likeness (QED) is 0.113. The Morgan fingerprint density at radius 2 is 1.39 bits per heavy atom. The number of guanidine groups is 1. The number of carbonyl (C=O) groups excluding carboxylic acids is 4. The zero-order valence-corrected chi connectivity index (χ0v) is 18.7. The van der Waals surface area contributed by atoms with Crippen LogP contribution in [0.1, 0.15) is 67.7 Å². The molecule has 3 atom stereocenters. The molecule has 180 valence electrons. The van der Waals surface area contributed by atoms with E-state index < -0.39 is 29.9 Å². The molecule has 0 aliphatic carbocycles. The molecule has 0 spiro atoms. The third-order valence-corrected chi connectivity index (χ3v) is 4.20. The molecule has 0 aromatic heterocycles. The number of nitrogens with two attached hydrogens (primary N) is 2. The number of hydrogen-bond acceptors (Lipinski definition) is 5. The minimum Gasteiger partial charge on any atom is -0.370 e. The molecule has 3 amide bonds. The minimum absolute atomic E-state index is 0. The van der Waals surface area contributed by atoms with E-state index in [-0.39, 0.29) is 31.1 Å². The molecule has 0 fully saturated rings. The van der Waals surface area contributed by atoms with Crippen molar-refractivity contribution in [3.05, 3.63) is 0 Å². The van der Waals surface area contributed by atoms with E-state index in [1.165, 1.54) is 6.92 Å². The van der Waals surface area contributed by atoms with Gasteiger partial charge in [-0.25, -0.2) is 0 Å². The summed E-state index contributed by atoms with van der Waals surface area (Å²) in [6, 6.07) is -2.26. The molecule has 7 N–H and O–H groups in total. The Morgan fingerprint density at radius 3 is 1.81 bits per heavy atom. The topological polar surface area (TPSA) is 169 Å². The molecule has 10 heteroatoms. The number of aliphatic imine (C=N–C) groups is 1. The van der Waals surface area contributed by atoms with Crippen molar-refractivity contribution in [1.29, 1.82) is 0 Å². The zero-order chi connectivity index (χ0) is 23.3. The van der Waals surface area contributed by atoms with Gasteiger partial charge in [0, 0.05) is 13.5 Å². The van der Waals surface area contributed by atoms with E-state index in [0.29, 0.717) is 38.5 Å². The Morgan fingerprint density at radius 1 is 0.903 bits per heavy atom. The maximum Gasteiger partial charge on any atom is 0.243 e. The molecule has 0 rings (SSSR count). The number of amides is 3. The summed E-state index contributed by atoms with van der Waals surface area (Å²) in [7, 11) is 0. The van der Waals surface area contributed by atoms with E-state index in [2.05, 4.69) is 20.9 Å². The zero-order valence-electron chi connectivity index (χ0n) is 18.7. The van der Waals surface area contributed by atoms with Crippen molar-refractivity contribution in [2.24, 2.45) is 28.3 Å². The Kier molecular flexibility index (Phi) is 15.9. The fourth-order valence-electron chi connectivity index (χ4n) is 2.90. The normalized spacial score (nSPS) is 13.4. The summed E-state index contributed by atoms with van der Waals surface area (Å²) in [5.74, 6) is -0.909. The molecular formula is C21H42N6O4. The molecule has 0 saturated heterocycles. The van der Waals surface area contributed by atoms with Gasteiger partial charge in [-0.1, -0.05) is 35.1 Å². The maximum absolute atomic E-state index is 12.8. The first-order valence-electron chi connectivity index (χ1n) is 10.3. The molecule has 0 radical (unpaired) electrons. The number of nitrogens with one attached hydrogen (secondary N) is 3. The fraction of sp³-hybridized carbons (Fsp3) is 0.762. The molecule has 3 unspecified atom stereocenters. The maximum atomic E-state index is 12.8. The number of hydrogen-bond donors (Lipinski definition) is 5. The summed E-state index contributed by atoms with van der Waals surface area (Å²) < 4.78 is 0. The lowest BCUT2D eigenvalue weighted by Gasteiger charge is -2.25. The first-order valence-corrected chi connectivity index (χ1v) is 10.3. The second kappa shape index (κ2) is 16.1. The molecular weight excluding hydrogens is 400 g/mol. The van der Waals surface area contributed by atoms with Gasteiger partial charge in [0.25, 0.3) is 0 Å². The van der Waals surface area contributed by atoms with E-state index in [9.17, 15) is 19.2 Å². The molecule has 10 nitrogen and oxygen atoms in total. The van der Waals surface area contributed by atoms with Crippen LogP contribution < -0.4 is 27.4 Å². The van der Waals surface area contributed by atoms with Gasteiger partial charge in [0.1, 0.15) is 18.4 Å². The molecule has 0 aliphatic heterocycles. The third kappa shape index (κ3) is 14.9. The smallest absolute Gasteiger partial charge is 0.243 e. The van der Waals surface area contributed by atoms with E-state index in [1.54, 1.807) is 0 Å². The van der Waals surface area contributed by atoms with Crippen LogP contribution in [0, 0.1) is 11.8 Å². The lowest BCUT2D eigenvalue weighted by molar-refractivity contribution is -0.133. The summed E-state index contributed by atoms with van der Waals surface area (Å²) >= 11 is 0. The van der Waals surface area contributed by atoms with Gasteiger partial charge in [0.2, 0.25) is 17.7 Å². The summed E-state index contributed by atoms with van der Waals surface area (Å²) in [5.41, 5.74) is 10.5. The first kappa shape index (κ1) is 30.5. The van der Waals surface area contributed by atoms with Crippen molar-refractivity contribution in [1.82, 2.24) is 16.0 Å². The van der Waals surface area contributed by atoms with E-state index in [4.69, 9.17) is 11.5 Å². The largest absolute Gasteiger partial charge is 0.370 e. The SMILES string of the molecule is C.CC(=O)NC(CC(C)C)C(=O)NC(CC(C)C)C(=O)NC(C=O)CCCN=C(N)N. The van der Waals surface area contributed by atoms with E-state index in [1.807, 2.05) is 27.7 Å². The van der Waals surface area contributed by atoms with Gasteiger partial charge in [-0.05, 0) is 37.5 Å². The highest BCUT2D eigenvalue weighted by Crippen LogP contribution is 2.09. The lowest BCUT2D eigenvalue weighted by atomic mass is 9.99. The van der Waals surface area contributed by atoms with Crippen LogP contribution >= 0.6 is 0 Å². The summed E-state index contributed by atoms with van der Waals surface area (Å²) in [5, 5.41) is 8.03. The number of aldehydes is 1. The monoisotopic (exact) mass is 442 g/mol. The molecule has 0 saturated carbocycles. The van der Waals surface area contributed by atoms with Gasteiger partial charge < -0.3 is 32.2 Å². The van der Waals surface area contributed by atoms with Crippen LogP contribution in [-0.4, -0.2) is 54.6 Å². The molecule has 0 aromatic carbocycles. The fourth-order valence-corrected chi connectivity index (χ4v) is 2.90. The number of carbonyl (C=O) groups is 4. The Labute approximate surface area is 186 Å². The van der Waals surface area contributed by atoms with Crippen LogP contribution in [0.25, 0.3) is 0 Å². The molecule has 0 aliphatic rings. The van der Waals surface area contributed by atoms with Gasteiger partial charge in [0.15, 0.2) is 5.96 Å². The van der Waals surface area contributed by atoms with Crippen molar-refractivity contribution in [2.75, 3.05) is 6.54 Å². The number of rotatable bonds is 14. The highest BCUT2D eigenvalue weighted by Gasteiger charge is 2.28. The third-order valence-electron chi connectivity index (χ3n) is 4.20. The van der Waals surface area contributed by atoms with Crippen LogP contribution in [0.5, 0.6) is 0 Å². The number of nitrogens with zero attached hydrogens (tertiary/aromatic N) is 1. The summed E-state index contributed by atoms with van der Waals surface area (Å²) in [6.07, 6.45) is 2.38. The summed E-state index contributed by atoms with van der Waals surface area (Å²) in [4.78, 5) is 52.1. The van der Waals surface area contributed by atoms with Crippen molar-refractivity contribution in [2.45, 2.75) is 85.9 Å². The van der Waals surface area contributed by atoms with E-state index in [0.717, 1.165) is 0 Å². The van der Waals surface area contributed by atoms with Crippen LogP contribution in [0.4, 0.5) is 0 Å². The molecule has 0 heterocycles. The standard InChI is InChI=1S/C20H38N6O4.CH4/c1-12(2)9-16(24-14(5)28)19(30)26-17(10-13(3)4)18(29)25-15(11-27)7-6-8-23-20(21)22;/h11-13,15-17H,6-10H2,1-5H3,(H,24,28)(H,25,29)(H,26,30)(H4,21,22,23);1H4. The van der Waals surface area contributed by atoms with Crippen LogP contribution in [-0.2, 0) is 19.2 Å². The second-order valence-electron chi connectivity index (χ2n) is 8.27. The lowest BCUT2D eigenvalue weighted by Crippen LogP contribution is -2.55. The van der Waals surface area contributed by atoms with Crippen molar-refractivity contribution in [3.8, 4) is 0 Å².